The molecule has 0 spiro atoms. The van der Waals surface area contributed by atoms with Crippen LogP contribution in [0.25, 0.3) is 10.1 Å². The number of benzene rings is 1. The summed E-state index contributed by atoms with van der Waals surface area (Å²) >= 11 is 1.34. The number of methoxy groups -OCH3 is 1. The van der Waals surface area contributed by atoms with Crippen LogP contribution in [0.15, 0.2) is 18.2 Å². The van der Waals surface area contributed by atoms with E-state index in [1.165, 1.54) is 17.4 Å². The van der Waals surface area contributed by atoms with E-state index in [-0.39, 0.29) is 24.4 Å². The number of carbonyl (C=O) groups is 1. The fourth-order valence-corrected chi connectivity index (χ4v) is 4.08. The predicted octanol–water partition coefficient (Wildman–Crippen LogP) is 3.86. The minimum Gasteiger partial charge on any atom is -0.380 e. The van der Waals surface area contributed by atoms with E-state index < -0.39 is 0 Å². The molecule has 112 valence electrons. The molecule has 0 radical (unpaired) electrons. The summed E-state index contributed by atoms with van der Waals surface area (Å²) < 4.78 is 20.0. The van der Waals surface area contributed by atoms with Crippen LogP contribution in [0.3, 0.4) is 0 Å². The average molecular weight is 307 g/mol. The highest BCUT2D eigenvalue weighted by molar-refractivity contribution is 7.21. The Kier molecular flexibility index (Phi) is 4.22. The van der Waals surface area contributed by atoms with Crippen molar-refractivity contribution in [3.05, 3.63) is 34.5 Å². The average Bonchev–Trinajstić information content (AvgIpc) is 3.08. The second kappa shape index (κ2) is 6.12. The van der Waals surface area contributed by atoms with Gasteiger partial charge in [0.2, 0.25) is 0 Å². The minimum absolute atomic E-state index is 0.102. The Balaban J connectivity index is 1.98. The van der Waals surface area contributed by atoms with Crippen molar-refractivity contribution in [2.24, 2.45) is 0 Å². The van der Waals surface area contributed by atoms with Gasteiger partial charge < -0.3 is 10.1 Å². The molecule has 1 aliphatic rings. The largest absolute Gasteiger partial charge is 0.380 e. The first kappa shape index (κ1) is 14.5. The molecule has 0 bridgehead atoms. The second-order valence-corrected chi connectivity index (χ2v) is 6.46. The highest BCUT2D eigenvalue weighted by atomic mass is 32.1. The first-order valence-corrected chi connectivity index (χ1v) is 8.02. The van der Waals surface area contributed by atoms with E-state index >= 15 is 0 Å². The predicted molar refractivity (Wildman–Crippen MR) is 82.2 cm³/mol. The molecule has 0 atom stereocenters. The van der Waals surface area contributed by atoms with Crippen molar-refractivity contribution in [2.45, 2.75) is 38.3 Å². The summed E-state index contributed by atoms with van der Waals surface area (Å²) in [6, 6.07) is 5.19. The van der Waals surface area contributed by atoms with Crippen LogP contribution in [-0.2, 0) is 11.3 Å². The maximum Gasteiger partial charge on any atom is 0.261 e. The van der Waals surface area contributed by atoms with Crippen LogP contribution in [-0.4, -0.2) is 19.1 Å². The Morgan fingerprint density at radius 1 is 1.43 bits per heavy atom. The first-order valence-electron chi connectivity index (χ1n) is 7.20. The Morgan fingerprint density at radius 3 is 2.90 bits per heavy atom. The molecule has 21 heavy (non-hydrogen) atoms. The van der Waals surface area contributed by atoms with Gasteiger partial charge in [-0.05, 0) is 25.0 Å². The van der Waals surface area contributed by atoms with Gasteiger partial charge in [0.25, 0.3) is 5.91 Å². The normalized spacial score (nSPS) is 15.7. The number of hydrogen-bond donors (Lipinski definition) is 1. The molecule has 0 aliphatic heterocycles. The van der Waals surface area contributed by atoms with Crippen LogP contribution in [0.4, 0.5) is 4.39 Å². The first-order chi connectivity index (χ1) is 10.2. The molecule has 1 saturated carbocycles. The second-order valence-electron chi connectivity index (χ2n) is 5.41. The molecule has 3 rings (SSSR count). The third-order valence-electron chi connectivity index (χ3n) is 3.95. The number of halogens is 1. The lowest BCUT2D eigenvalue weighted by atomic mass is 10.1. The summed E-state index contributed by atoms with van der Waals surface area (Å²) in [4.78, 5) is 13.1. The van der Waals surface area contributed by atoms with Crippen LogP contribution >= 0.6 is 11.3 Å². The molecule has 0 unspecified atom stereocenters. The van der Waals surface area contributed by atoms with Gasteiger partial charge in [0, 0.05) is 28.8 Å². The van der Waals surface area contributed by atoms with Gasteiger partial charge in [-0.3, -0.25) is 4.79 Å². The SMILES string of the molecule is COCc1c(C(=O)NC2CCCC2)sc2cccc(F)c12. The van der Waals surface area contributed by atoms with Gasteiger partial charge in [-0.25, -0.2) is 4.39 Å². The number of fused-ring (bicyclic) bond motifs is 1. The number of carbonyl (C=O) groups excluding carboxylic acids is 1. The summed E-state index contributed by atoms with van der Waals surface area (Å²) in [6.07, 6.45) is 4.39. The maximum atomic E-state index is 14.1. The van der Waals surface area contributed by atoms with Crippen molar-refractivity contribution in [2.75, 3.05) is 7.11 Å². The van der Waals surface area contributed by atoms with E-state index in [4.69, 9.17) is 4.74 Å². The fraction of sp³-hybridized carbons (Fsp3) is 0.438. The van der Waals surface area contributed by atoms with Gasteiger partial charge in [0.15, 0.2) is 0 Å². The van der Waals surface area contributed by atoms with Crippen LogP contribution < -0.4 is 5.32 Å². The molecule has 1 fully saturated rings. The molecule has 0 saturated heterocycles. The van der Waals surface area contributed by atoms with Gasteiger partial charge in [-0.1, -0.05) is 18.9 Å². The lowest BCUT2D eigenvalue weighted by Crippen LogP contribution is -2.32. The van der Waals surface area contributed by atoms with Crippen molar-refractivity contribution in [1.82, 2.24) is 5.32 Å². The van der Waals surface area contributed by atoms with E-state index in [0.717, 1.165) is 30.4 Å². The van der Waals surface area contributed by atoms with Crippen molar-refractivity contribution in [3.63, 3.8) is 0 Å². The summed E-state index contributed by atoms with van der Waals surface area (Å²) in [5, 5.41) is 3.58. The number of nitrogens with one attached hydrogen (secondary N) is 1. The van der Waals surface area contributed by atoms with Crippen LogP contribution in [0.2, 0.25) is 0 Å². The molecule has 1 amide bonds. The van der Waals surface area contributed by atoms with Crippen LogP contribution in [0, 0.1) is 5.82 Å². The molecule has 5 heteroatoms. The van der Waals surface area contributed by atoms with Crippen molar-refractivity contribution in [3.8, 4) is 0 Å². The van der Waals surface area contributed by atoms with Crippen molar-refractivity contribution < 1.29 is 13.9 Å². The maximum absolute atomic E-state index is 14.1. The summed E-state index contributed by atoms with van der Waals surface area (Å²) in [5.41, 5.74) is 0.658. The molecular weight excluding hydrogens is 289 g/mol. The monoisotopic (exact) mass is 307 g/mol. The zero-order chi connectivity index (χ0) is 14.8. The summed E-state index contributed by atoms with van der Waals surface area (Å²) in [5.74, 6) is -0.398. The molecular formula is C16H18FNO2S. The third-order valence-corrected chi connectivity index (χ3v) is 5.14. The lowest BCUT2D eigenvalue weighted by molar-refractivity contribution is 0.0938. The Hall–Kier alpha value is -1.46. The summed E-state index contributed by atoms with van der Waals surface area (Å²) in [6.45, 7) is 0.244. The fourth-order valence-electron chi connectivity index (χ4n) is 2.95. The highest BCUT2D eigenvalue weighted by Gasteiger charge is 2.23. The lowest BCUT2D eigenvalue weighted by Gasteiger charge is -2.12. The quantitative estimate of drug-likeness (QED) is 0.931. The van der Waals surface area contributed by atoms with Crippen LogP contribution in [0.1, 0.15) is 40.9 Å². The van der Waals surface area contributed by atoms with Gasteiger partial charge in [-0.2, -0.15) is 0 Å². The number of ether oxygens (including phenoxy) is 1. The molecule has 1 N–H and O–H groups in total. The smallest absolute Gasteiger partial charge is 0.261 e. The van der Waals surface area contributed by atoms with Crippen LogP contribution in [0.5, 0.6) is 0 Å². The molecule has 1 aliphatic carbocycles. The molecule has 1 aromatic carbocycles. The van der Waals surface area contributed by atoms with E-state index in [1.54, 1.807) is 13.2 Å². The topological polar surface area (TPSA) is 38.3 Å². The number of hydrogen-bond acceptors (Lipinski definition) is 3. The molecule has 1 heterocycles. The van der Waals surface area contributed by atoms with Gasteiger partial charge in [0.05, 0.1) is 11.5 Å². The third kappa shape index (κ3) is 2.80. The zero-order valence-corrected chi connectivity index (χ0v) is 12.8. The van der Waals surface area contributed by atoms with E-state index in [2.05, 4.69) is 5.32 Å². The Bertz CT molecular complexity index is 662. The zero-order valence-electron chi connectivity index (χ0n) is 11.9. The highest BCUT2D eigenvalue weighted by Crippen LogP contribution is 2.34. The van der Waals surface area contributed by atoms with E-state index in [1.807, 2.05) is 6.07 Å². The van der Waals surface area contributed by atoms with E-state index in [9.17, 15) is 9.18 Å². The van der Waals surface area contributed by atoms with Gasteiger partial charge in [0.1, 0.15) is 5.82 Å². The van der Waals surface area contributed by atoms with Gasteiger partial charge in [-0.15, -0.1) is 11.3 Å². The molecule has 1 aromatic heterocycles. The van der Waals surface area contributed by atoms with Crippen molar-refractivity contribution in [1.29, 1.82) is 0 Å². The molecule has 3 nitrogen and oxygen atoms in total. The minimum atomic E-state index is -0.296. The summed E-state index contributed by atoms with van der Waals surface area (Å²) in [7, 11) is 1.56. The van der Waals surface area contributed by atoms with Crippen molar-refractivity contribution >= 4 is 27.3 Å². The van der Waals surface area contributed by atoms with E-state index in [0.29, 0.717) is 15.8 Å². The standard InChI is InChI=1S/C16H18FNO2S/c1-20-9-11-14-12(17)7-4-8-13(14)21-15(11)16(19)18-10-5-2-3-6-10/h4,7-8,10H,2-3,5-6,9H2,1H3,(H,18,19). The molecule has 2 aromatic rings. The van der Waals surface area contributed by atoms with Gasteiger partial charge >= 0.3 is 0 Å². The number of thiophene rings is 1. The Labute approximate surface area is 127 Å². The number of rotatable bonds is 4. The number of amides is 1. The Morgan fingerprint density at radius 2 is 2.19 bits per heavy atom.